The summed E-state index contributed by atoms with van der Waals surface area (Å²) in [4.78, 5) is 14.2. The van der Waals surface area contributed by atoms with Crippen LogP contribution in [-0.2, 0) is 19.9 Å². The van der Waals surface area contributed by atoms with Crippen molar-refractivity contribution in [3.05, 3.63) is 35.9 Å². The van der Waals surface area contributed by atoms with Crippen LogP contribution in [0, 0.1) is 0 Å². The number of rotatable bonds is 5. The molecule has 3 N–H and O–H groups in total. The molecule has 6 heteroatoms. The van der Waals surface area contributed by atoms with Gasteiger partial charge in [0.05, 0.1) is 18.8 Å². The molecule has 1 aliphatic carbocycles. The summed E-state index contributed by atoms with van der Waals surface area (Å²) < 4.78 is 11.4. The number of nitrogens with two attached hydrogens (primary N) is 1. The molecule has 6 nitrogen and oxygen atoms in total. The number of ether oxygens (including phenoxy) is 2. The van der Waals surface area contributed by atoms with Gasteiger partial charge >= 0.3 is 0 Å². The Hall–Kier alpha value is -1.47. The Morgan fingerprint density at radius 3 is 2.83 bits per heavy atom. The summed E-state index contributed by atoms with van der Waals surface area (Å²) in [7, 11) is 1.72. The lowest BCUT2D eigenvalue weighted by Gasteiger charge is -2.47. The Morgan fingerprint density at radius 1 is 1.42 bits per heavy atom. The third-order valence-electron chi connectivity index (χ3n) is 5.31. The maximum absolute atomic E-state index is 12.1. The largest absolute Gasteiger partial charge is 0.381 e. The van der Waals surface area contributed by atoms with Crippen molar-refractivity contribution in [1.82, 2.24) is 4.90 Å². The second-order valence-electron chi connectivity index (χ2n) is 6.71. The lowest BCUT2D eigenvalue weighted by Crippen LogP contribution is -2.60. The van der Waals surface area contributed by atoms with Crippen LogP contribution in [0.4, 0.5) is 0 Å². The molecule has 2 fully saturated rings. The number of hydrogen-bond donors (Lipinski definition) is 2. The first kappa shape index (κ1) is 17.4. The maximum atomic E-state index is 12.1. The van der Waals surface area contributed by atoms with Crippen LogP contribution in [0.2, 0.25) is 0 Å². The van der Waals surface area contributed by atoms with Gasteiger partial charge in [-0.15, -0.1) is 0 Å². The van der Waals surface area contributed by atoms with Crippen LogP contribution >= 0.6 is 0 Å². The molecule has 2 aliphatic rings. The Balaban J connectivity index is 1.82. The van der Waals surface area contributed by atoms with Gasteiger partial charge < -0.3 is 20.3 Å². The van der Waals surface area contributed by atoms with E-state index in [0.717, 1.165) is 19.3 Å². The fraction of sp³-hybridized carbons (Fsp3) is 0.611. The smallest absolute Gasteiger partial charge is 0.255 e. The lowest BCUT2D eigenvalue weighted by atomic mass is 9.85. The summed E-state index contributed by atoms with van der Waals surface area (Å²) >= 11 is 0. The number of aliphatic hydroxyl groups is 1. The predicted molar refractivity (Wildman–Crippen MR) is 89.3 cm³/mol. The van der Waals surface area contributed by atoms with E-state index in [1.54, 1.807) is 31.4 Å². The van der Waals surface area contributed by atoms with Crippen LogP contribution in [0.5, 0.6) is 0 Å². The Bertz CT molecular complexity index is 567. The highest BCUT2D eigenvalue weighted by Crippen LogP contribution is 2.32. The molecule has 3 rings (SSSR count). The number of hydrogen-bond acceptors (Lipinski definition) is 5. The second-order valence-corrected chi connectivity index (χ2v) is 6.71. The van der Waals surface area contributed by atoms with Gasteiger partial charge in [-0.2, -0.15) is 0 Å². The number of methoxy groups -OCH3 is 1. The zero-order valence-corrected chi connectivity index (χ0v) is 14.1. The number of fused-ring (bicyclic) bond motifs is 1. The minimum Gasteiger partial charge on any atom is -0.381 e. The molecule has 24 heavy (non-hydrogen) atoms. The highest BCUT2D eigenvalue weighted by molar-refractivity contribution is 5.85. The number of primary amides is 1. The van der Waals surface area contributed by atoms with Crippen molar-refractivity contribution in [3.8, 4) is 0 Å². The van der Waals surface area contributed by atoms with Crippen LogP contribution in [0.3, 0.4) is 0 Å². The average molecular weight is 334 g/mol. The highest BCUT2D eigenvalue weighted by Gasteiger charge is 2.44. The average Bonchev–Trinajstić information content (AvgIpc) is 2.62. The highest BCUT2D eigenvalue weighted by atomic mass is 16.5. The van der Waals surface area contributed by atoms with E-state index in [0.29, 0.717) is 18.7 Å². The Morgan fingerprint density at radius 2 is 2.17 bits per heavy atom. The molecular formula is C18H26N2O4. The van der Waals surface area contributed by atoms with Gasteiger partial charge in [-0.3, -0.25) is 9.69 Å². The van der Waals surface area contributed by atoms with E-state index in [1.165, 1.54) is 0 Å². The van der Waals surface area contributed by atoms with E-state index < -0.39 is 11.5 Å². The van der Waals surface area contributed by atoms with E-state index >= 15 is 0 Å². The van der Waals surface area contributed by atoms with Crippen molar-refractivity contribution in [2.24, 2.45) is 5.73 Å². The Kier molecular flexibility index (Phi) is 5.20. The van der Waals surface area contributed by atoms with Gasteiger partial charge in [0.1, 0.15) is 0 Å². The first-order chi connectivity index (χ1) is 11.5. The zero-order chi connectivity index (χ0) is 17.2. The first-order valence-electron chi connectivity index (χ1n) is 8.51. The third-order valence-corrected chi connectivity index (χ3v) is 5.31. The summed E-state index contributed by atoms with van der Waals surface area (Å²) in [6.07, 6.45) is 3.06. The molecule has 1 aliphatic heterocycles. The minimum atomic E-state index is -1.71. The summed E-state index contributed by atoms with van der Waals surface area (Å²) in [5.41, 5.74) is 4.39. The summed E-state index contributed by atoms with van der Waals surface area (Å²) in [5, 5.41) is 11.0. The normalized spacial score (nSPS) is 30.3. The second kappa shape index (κ2) is 7.19. The van der Waals surface area contributed by atoms with E-state index in [2.05, 4.69) is 4.90 Å². The summed E-state index contributed by atoms with van der Waals surface area (Å²) in [5.74, 6) is -0.726. The van der Waals surface area contributed by atoms with E-state index in [9.17, 15) is 9.90 Å². The molecule has 1 aromatic rings. The third kappa shape index (κ3) is 3.32. The molecule has 1 saturated heterocycles. The van der Waals surface area contributed by atoms with E-state index in [4.69, 9.17) is 15.2 Å². The quantitative estimate of drug-likeness (QED) is 0.825. The van der Waals surface area contributed by atoms with Crippen molar-refractivity contribution >= 4 is 5.91 Å². The van der Waals surface area contributed by atoms with Crippen LogP contribution in [0.15, 0.2) is 30.3 Å². The zero-order valence-electron chi connectivity index (χ0n) is 14.1. The van der Waals surface area contributed by atoms with Crippen molar-refractivity contribution in [3.63, 3.8) is 0 Å². The molecule has 0 radical (unpaired) electrons. The van der Waals surface area contributed by atoms with Crippen molar-refractivity contribution < 1.29 is 19.4 Å². The number of morpholine rings is 1. The van der Waals surface area contributed by atoms with Crippen molar-refractivity contribution in [2.75, 3.05) is 26.8 Å². The van der Waals surface area contributed by atoms with Crippen LogP contribution < -0.4 is 5.73 Å². The Labute approximate surface area is 142 Å². The van der Waals surface area contributed by atoms with Gasteiger partial charge in [0.25, 0.3) is 5.91 Å². The SMILES string of the molecule is COC1CCC2OCCN(CC(O)(C(N)=O)c3ccccc3)C2C1. The number of benzene rings is 1. The number of carbonyl (C=O) groups excluding carboxylic acids is 1. The standard InChI is InChI=1S/C18H26N2O4/c1-23-14-7-8-16-15(11-14)20(9-10-24-16)12-18(22,17(19)21)13-5-3-2-4-6-13/h2-6,14-16,22H,7-12H2,1H3,(H2,19,21). The molecule has 4 unspecified atom stereocenters. The number of β-amino-alcohol motifs (C(OH)–C–C–N with tert-alkyl or cyclic N) is 1. The van der Waals surface area contributed by atoms with Crippen molar-refractivity contribution in [2.45, 2.75) is 43.1 Å². The van der Waals surface area contributed by atoms with Gasteiger partial charge in [0, 0.05) is 26.2 Å². The van der Waals surface area contributed by atoms with E-state index in [-0.39, 0.29) is 24.8 Å². The predicted octanol–water partition coefficient (Wildman–Crippen LogP) is 0.628. The number of nitrogens with zero attached hydrogens (tertiary/aromatic N) is 1. The molecular weight excluding hydrogens is 308 g/mol. The number of amides is 1. The molecule has 1 heterocycles. The fourth-order valence-corrected chi connectivity index (χ4v) is 3.88. The van der Waals surface area contributed by atoms with Gasteiger partial charge in [0.15, 0.2) is 5.60 Å². The molecule has 4 atom stereocenters. The van der Waals surface area contributed by atoms with Gasteiger partial charge in [-0.1, -0.05) is 30.3 Å². The van der Waals surface area contributed by atoms with Gasteiger partial charge in [-0.05, 0) is 24.8 Å². The molecule has 132 valence electrons. The molecule has 1 aromatic carbocycles. The van der Waals surface area contributed by atoms with E-state index in [1.807, 2.05) is 6.07 Å². The van der Waals surface area contributed by atoms with Gasteiger partial charge in [0.2, 0.25) is 0 Å². The van der Waals surface area contributed by atoms with Crippen LogP contribution in [-0.4, -0.2) is 61.0 Å². The van der Waals surface area contributed by atoms with Crippen molar-refractivity contribution in [1.29, 1.82) is 0 Å². The number of carbonyl (C=O) groups is 1. The van der Waals surface area contributed by atoms with Crippen LogP contribution in [0.25, 0.3) is 0 Å². The molecule has 1 amide bonds. The maximum Gasteiger partial charge on any atom is 0.255 e. The summed E-state index contributed by atoms with van der Waals surface area (Å²) in [6, 6.07) is 9.05. The lowest BCUT2D eigenvalue weighted by molar-refractivity contribution is -0.152. The van der Waals surface area contributed by atoms with Gasteiger partial charge in [-0.25, -0.2) is 0 Å². The summed E-state index contributed by atoms with van der Waals surface area (Å²) in [6.45, 7) is 1.44. The molecule has 1 saturated carbocycles. The topological polar surface area (TPSA) is 85.0 Å². The van der Waals surface area contributed by atoms with Crippen LogP contribution in [0.1, 0.15) is 24.8 Å². The molecule has 0 bridgehead atoms. The first-order valence-corrected chi connectivity index (χ1v) is 8.51. The molecule has 0 aromatic heterocycles. The molecule has 0 spiro atoms. The monoisotopic (exact) mass is 334 g/mol. The fourth-order valence-electron chi connectivity index (χ4n) is 3.88. The minimum absolute atomic E-state index is 0.123.